The summed E-state index contributed by atoms with van der Waals surface area (Å²) in [5, 5.41) is 19.4. The predicted octanol–water partition coefficient (Wildman–Crippen LogP) is 1.27. The number of carbonyl (C=O) groups is 5. The minimum Gasteiger partial charge on any atom is -0.508 e. The molecule has 0 radical (unpaired) electrons. The number of fused-ring (bicyclic) bond motifs is 2. The maximum Gasteiger partial charge on any atom is 0.243 e. The third kappa shape index (κ3) is 8.24. The fraction of sp³-hybridized carbons (Fsp3) is 0.289. The molecule has 0 saturated carbocycles. The molecule has 1 aliphatic heterocycles. The van der Waals surface area contributed by atoms with Crippen molar-refractivity contribution in [2.24, 2.45) is 11.5 Å². The van der Waals surface area contributed by atoms with E-state index in [0.717, 1.165) is 38.5 Å². The minimum atomic E-state index is -1.11. The molecule has 52 heavy (non-hydrogen) atoms. The van der Waals surface area contributed by atoms with E-state index in [4.69, 9.17) is 11.5 Å². The number of amides is 5. The van der Waals surface area contributed by atoms with E-state index in [0.29, 0.717) is 19.4 Å². The van der Waals surface area contributed by atoms with E-state index in [9.17, 15) is 29.1 Å². The van der Waals surface area contributed by atoms with Crippen molar-refractivity contribution < 1.29 is 29.1 Å². The predicted molar refractivity (Wildman–Crippen MR) is 195 cm³/mol. The van der Waals surface area contributed by atoms with E-state index < -0.39 is 60.2 Å². The zero-order chi connectivity index (χ0) is 36.8. The average Bonchev–Trinajstić information content (AvgIpc) is 3.90. The summed E-state index contributed by atoms with van der Waals surface area (Å²) in [7, 11) is 0. The van der Waals surface area contributed by atoms with E-state index in [1.165, 1.54) is 17.0 Å². The number of aromatic nitrogens is 2. The Morgan fingerprint density at radius 1 is 0.808 bits per heavy atom. The van der Waals surface area contributed by atoms with Crippen LogP contribution in [0.1, 0.15) is 29.5 Å². The number of nitrogens with one attached hydrogen (secondary N) is 5. The van der Waals surface area contributed by atoms with E-state index in [1.54, 1.807) is 24.5 Å². The van der Waals surface area contributed by atoms with Crippen LogP contribution in [0.25, 0.3) is 21.8 Å². The zero-order valence-electron chi connectivity index (χ0n) is 28.4. The van der Waals surface area contributed by atoms with Gasteiger partial charge in [-0.2, -0.15) is 0 Å². The maximum atomic E-state index is 13.8. The third-order valence-corrected chi connectivity index (χ3v) is 9.48. The molecule has 14 nitrogen and oxygen atoms in total. The lowest BCUT2D eigenvalue weighted by molar-refractivity contribution is -0.140. The largest absolute Gasteiger partial charge is 0.508 e. The normalized spacial score (nSPS) is 15.9. The van der Waals surface area contributed by atoms with Crippen LogP contribution < -0.4 is 27.4 Å². The first kappa shape index (κ1) is 35.7. The van der Waals surface area contributed by atoms with E-state index in [2.05, 4.69) is 25.9 Å². The molecule has 0 bridgehead atoms. The molecule has 3 aromatic carbocycles. The second-order valence-corrected chi connectivity index (χ2v) is 13.1. The number of para-hydroxylation sites is 2. The molecule has 3 heterocycles. The summed E-state index contributed by atoms with van der Waals surface area (Å²) in [6, 6.07) is 17.6. The molecule has 270 valence electrons. The summed E-state index contributed by atoms with van der Waals surface area (Å²) < 4.78 is 0. The maximum absolute atomic E-state index is 13.8. The van der Waals surface area contributed by atoms with Gasteiger partial charge in [-0.25, -0.2) is 0 Å². The standard InChI is InChI=1S/C38H42N8O6/c39-28(16-22-11-13-25(47)14-12-22)38(52)46-15-5-10-33(46)37(51)45-32(18-24-20-42-30-9-4-2-7-27(24)30)36(50)43-21-34(48)44-31(35(40)49)17-23-19-41-29-8-3-1-6-26(23)29/h1-4,6-9,11-14,19-20,28,31-33,41-42,47H,5,10,15-18,21,39H2,(H2,40,49)(H,43,50)(H,44,48)(H,45,51). The first-order chi connectivity index (χ1) is 25.1. The highest BCUT2D eigenvalue weighted by Crippen LogP contribution is 2.23. The molecule has 10 N–H and O–H groups in total. The second-order valence-electron chi connectivity index (χ2n) is 13.1. The van der Waals surface area contributed by atoms with Gasteiger partial charge >= 0.3 is 0 Å². The highest BCUT2D eigenvalue weighted by atomic mass is 16.3. The molecule has 1 aliphatic rings. The number of benzene rings is 3. The van der Waals surface area contributed by atoms with Crippen LogP contribution in [0.4, 0.5) is 0 Å². The number of phenolic OH excluding ortho intramolecular Hbond substituents is 1. The van der Waals surface area contributed by atoms with Crippen molar-refractivity contribution in [1.29, 1.82) is 0 Å². The number of aromatic amines is 2. The SMILES string of the molecule is NC(=O)C(Cc1c[nH]c2ccccc12)NC(=O)CNC(=O)C(Cc1c[nH]c2ccccc12)NC(=O)C1CCCN1C(=O)C(N)Cc1ccc(O)cc1. The van der Waals surface area contributed by atoms with Crippen molar-refractivity contribution in [2.75, 3.05) is 13.1 Å². The molecule has 1 fully saturated rings. The molecule has 5 amide bonds. The Morgan fingerprint density at radius 3 is 2.02 bits per heavy atom. The summed E-state index contributed by atoms with van der Waals surface area (Å²) in [6.07, 6.45) is 4.94. The molecule has 0 aliphatic carbocycles. The van der Waals surface area contributed by atoms with Crippen LogP contribution in [0.2, 0.25) is 0 Å². The number of phenols is 1. The van der Waals surface area contributed by atoms with Crippen LogP contribution in [0.5, 0.6) is 5.75 Å². The summed E-state index contributed by atoms with van der Waals surface area (Å²) in [6.45, 7) is -0.143. The first-order valence-electron chi connectivity index (χ1n) is 17.2. The Kier molecular flexibility index (Phi) is 10.8. The van der Waals surface area contributed by atoms with Crippen LogP contribution in [-0.4, -0.2) is 86.8 Å². The number of likely N-dealkylation sites (tertiary alicyclic amines) is 1. The van der Waals surface area contributed by atoms with Crippen LogP contribution in [-0.2, 0) is 43.2 Å². The van der Waals surface area contributed by atoms with Crippen LogP contribution in [0.3, 0.4) is 0 Å². The van der Waals surface area contributed by atoms with E-state index in [1.807, 2.05) is 48.5 Å². The quantitative estimate of drug-likeness (QED) is 0.0843. The Morgan fingerprint density at radius 2 is 1.40 bits per heavy atom. The molecular formula is C38H42N8O6. The first-order valence-corrected chi connectivity index (χ1v) is 17.2. The average molecular weight is 707 g/mol. The summed E-state index contributed by atoms with van der Waals surface area (Å²) in [5.74, 6) is -2.79. The number of H-pyrrole nitrogens is 2. The van der Waals surface area contributed by atoms with E-state index >= 15 is 0 Å². The lowest BCUT2D eigenvalue weighted by Crippen LogP contribution is -2.56. The number of nitrogens with zero attached hydrogens (tertiary/aromatic N) is 1. The monoisotopic (exact) mass is 706 g/mol. The highest BCUT2D eigenvalue weighted by Gasteiger charge is 2.38. The highest BCUT2D eigenvalue weighted by molar-refractivity contribution is 5.96. The molecule has 2 aromatic heterocycles. The topological polar surface area (TPSA) is 229 Å². The number of aromatic hydroxyl groups is 1. The fourth-order valence-corrected chi connectivity index (χ4v) is 6.77. The Labute approximate surface area is 299 Å². The molecule has 4 unspecified atom stereocenters. The number of hydrogen-bond acceptors (Lipinski definition) is 7. The van der Waals surface area contributed by atoms with Crippen LogP contribution in [0, 0.1) is 0 Å². The van der Waals surface area contributed by atoms with Gasteiger partial charge in [-0.3, -0.25) is 24.0 Å². The molecule has 1 saturated heterocycles. The number of hydrogen-bond donors (Lipinski definition) is 8. The van der Waals surface area contributed by atoms with Crippen molar-refractivity contribution in [3.8, 4) is 5.75 Å². The molecule has 0 spiro atoms. The molecule has 5 aromatic rings. The Hall–Kier alpha value is -6.15. The van der Waals surface area contributed by atoms with Gasteiger partial charge in [0.15, 0.2) is 0 Å². The summed E-state index contributed by atoms with van der Waals surface area (Å²) >= 11 is 0. The minimum absolute atomic E-state index is 0.0920. The third-order valence-electron chi connectivity index (χ3n) is 9.48. The molecule has 4 atom stereocenters. The summed E-state index contributed by atoms with van der Waals surface area (Å²) in [5.41, 5.74) is 16.0. The fourth-order valence-electron chi connectivity index (χ4n) is 6.77. The molecular weight excluding hydrogens is 664 g/mol. The van der Waals surface area contributed by atoms with Gasteiger partial charge in [-0.15, -0.1) is 0 Å². The van der Waals surface area contributed by atoms with Crippen molar-refractivity contribution in [3.63, 3.8) is 0 Å². The van der Waals surface area contributed by atoms with Crippen LogP contribution >= 0.6 is 0 Å². The summed E-state index contributed by atoms with van der Waals surface area (Å²) in [4.78, 5) is 74.0. The van der Waals surface area contributed by atoms with Gasteiger partial charge < -0.3 is 47.4 Å². The Bertz CT molecular complexity index is 2090. The van der Waals surface area contributed by atoms with Crippen molar-refractivity contribution >= 4 is 51.3 Å². The number of primary amides is 1. The van der Waals surface area contributed by atoms with Gasteiger partial charge in [0.1, 0.15) is 23.9 Å². The number of carbonyl (C=O) groups excluding carboxylic acids is 5. The lowest BCUT2D eigenvalue weighted by atomic mass is 10.0. The molecule has 14 heteroatoms. The van der Waals surface area contributed by atoms with Gasteiger partial charge in [0.25, 0.3) is 0 Å². The van der Waals surface area contributed by atoms with Gasteiger partial charge in [-0.05, 0) is 60.2 Å². The number of nitrogens with two attached hydrogens (primary N) is 2. The van der Waals surface area contributed by atoms with Gasteiger partial charge in [0.2, 0.25) is 29.5 Å². The van der Waals surface area contributed by atoms with Crippen LogP contribution in [0.15, 0.2) is 85.2 Å². The van der Waals surface area contributed by atoms with Gasteiger partial charge in [0.05, 0.1) is 12.6 Å². The van der Waals surface area contributed by atoms with Gasteiger partial charge in [-0.1, -0.05) is 48.5 Å². The second kappa shape index (κ2) is 15.8. The molecule has 6 rings (SSSR count). The smallest absolute Gasteiger partial charge is 0.243 e. The zero-order valence-corrected chi connectivity index (χ0v) is 28.4. The van der Waals surface area contributed by atoms with Crippen molar-refractivity contribution in [3.05, 3.63) is 102 Å². The van der Waals surface area contributed by atoms with Crippen molar-refractivity contribution in [2.45, 2.75) is 56.3 Å². The lowest BCUT2D eigenvalue weighted by Gasteiger charge is -2.28. The number of rotatable bonds is 14. The Balaban J connectivity index is 1.12. The van der Waals surface area contributed by atoms with E-state index in [-0.39, 0.29) is 25.0 Å². The van der Waals surface area contributed by atoms with Crippen molar-refractivity contribution in [1.82, 2.24) is 30.8 Å². The van der Waals surface area contributed by atoms with Gasteiger partial charge in [0, 0.05) is 53.6 Å².